The molecule has 8 heteroatoms. The van der Waals surface area contributed by atoms with Gasteiger partial charge in [0, 0.05) is 12.1 Å². The van der Waals surface area contributed by atoms with Crippen molar-refractivity contribution in [1.82, 2.24) is 4.90 Å². The first-order valence-corrected chi connectivity index (χ1v) is 11.4. The molecule has 0 bridgehead atoms. The number of hydrogen-bond donors (Lipinski definition) is 2. The molecule has 1 aliphatic heterocycles. The zero-order valence-corrected chi connectivity index (χ0v) is 19.6. The third-order valence-corrected chi connectivity index (χ3v) is 6.00. The summed E-state index contributed by atoms with van der Waals surface area (Å²) < 4.78 is 19.0. The van der Waals surface area contributed by atoms with Crippen LogP contribution >= 0.6 is 11.6 Å². The number of nitrogens with zero attached hydrogens (tertiary/aromatic N) is 1. The Balaban J connectivity index is 1.80. The number of amides is 1. The Morgan fingerprint density at radius 3 is 2.37 bits per heavy atom. The molecular formula is C27H23ClFNO5. The van der Waals surface area contributed by atoms with E-state index in [1.54, 1.807) is 24.3 Å². The van der Waals surface area contributed by atoms with Gasteiger partial charge in [-0.05, 0) is 66.1 Å². The van der Waals surface area contributed by atoms with Crippen molar-refractivity contribution in [3.05, 3.63) is 99.8 Å². The van der Waals surface area contributed by atoms with E-state index in [1.165, 1.54) is 47.4 Å². The molecule has 1 fully saturated rings. The minimum absolute atomic E-state index is 0.00537. The fourth-order valence-electron chi connectivity index (χ4n) is 3.95. The van der Waals surface area contributed by atoms with E-state index in [1.807, 2.05) is 6.92 Å². The number of aromatic hydroxyl groups is 1. The van der Waals surface area contributed by atoms with Gasteiger partial charge in [-0.2, -0.15) is 0 Å². The van der Waals surface area contributed by atoms with E-state index in [0.717, 1.165) is 6.42 Å². The zero-order valence-electron chi connectivity index (χ0n) is 18.9. The largest absolute Gasteiger partial charge is 0.507 e. The quantitative estimate of drug-likeness (QED) is 0.253. The van der Waals surface area contributed by atoms with Gasteiger partial charge in [0.15, 0.2) is 0 Å². The lowest BCUT2D eigenvalue weighted by Crippen LogP contribution is -2.29. The Labute approximate surface area is 206 Å². The molecule has 0 aliphatic carbocycles. The number of halogens is 2. The van der Waals surface area contributed by atoms with E-state index < -0.39 is 23.5 Å². The Bertz CT molecular complexity index is 1290. The molecule has 3 aromatic rings. The van der Waals surface area contributed by atoms with Gasteiger partial charge in [-0.3, -0.25) is 9.59 Å². The number of aliphatic hydroxyl groups excluding tert-OH is 1. The second-order valence-electron chi connectivity index (χ2n) is 8.14. The van der Waals surface area contributed by atoms with Crippen molar-refractivity contribution < 1.29 is 28.9 Å². The highest BCUT2D eigenvalue weighted by molar-refractivity contribution is 6.46. The summed E-state index contributed by atoms with van der Waals surface area (Å²) in [5.41, 5.74) is 1.25. The maximum atomic E-state index is 13.4. The number of carbonyl (C=O) groups excluding carboxylic acids is 2. The number of carbonyl (C=O) groups is 2. The second-order valence-corrected chi connectivity index (χ2v) is 8.54. The summed E-state index contributed by atoms with van der Waals surface area (Å²) in [4.78, 5) is 27.5. The fraction of sp³-hybridized carbons (Fsp3) is 0.185. The molecule has 35 heavy (non-hydrogen) atoms. The lowest BCUT2D eigenvalue weighted by atomic mass is 9.95. The number of ketones is 1. The maximum absolute atomic E-state index is 13.4. The summed E-state index contributed by atoms with van der Waals surface area (Å²) in [6, 6.07) is 15.5. The van der Waals surface area contributed by atoms with Crippen molar-refractivity contribution in [1.29, 1.82) is 0 Å². The Hall–Kier alpha value is -3.84. The van der Waals surface area contributed by atoms with E-state index in [9.17, 15) is 24.2 Å². The number of Topliss-reactive ketones (excluding diaryl/α,β-unsaturated/α-hetero) is 1. The molecule has 1 heterocycles. The monoisotopic (exact) mass is 495 g/mol. The van der Waals surface area contributed by atoms with Crippen LogP contribution in [0, 0.1) is 5.82 Å². The van der Waals surface area contributed by atoms with Crippen LogP contribution in [-0.2, 0) is 16.1 Å². The van der Waals surface area contributed by atoms with Crippen molar-refractivity contribution in [2.45, 2.75) is 25.9 Å². The summed E-state index contributed by atoms with van der Waals surface area (Å²) in [5, 5.41) is 21.1. The van der Waals surface area contributed by atoms with Gasteiger partial charge in [-0.25, -0.2) is 4.39 Å². The molecule has 1 amide bonds. The number of rotatable bonds is 7. The summed E-state index contributed by atoms with van der Waals surface area (Å²) in [6.45, 7) is 2.52. The molecule has 6 nitrogen and oxygen atoms in total. The van der Waals surface area contributed by atoms with Crippen molar-refractivity contribution >= 4 is 29.1 Å². The molecule has 180 valence electrons. The van der Waals surface area contributed by atoms with Crippen LogP contribution in [0.2, 0.25) is 5.02 Å². The number of aliphatic hydroxyl groups is 1. The smallest absolute Gasteiger partial charge is 0.295 e. The van der Waals surface area contributed by atoms with E-state index in [0.29, 0.717) is 29.0 Å². The summed E-state index contributed by atoms with van der Waals surface area (Å²) >= 11 is 6.12. The fourth-order valence-corrected chi connectivity index (χ4v) is 4.14. The predicted octanol–water partition coefficient (Wildman–Crippen LogP) is 5.60. The highest BCUT2D eigenvalue weighted by atomic mass is 35.5. The number of phenolic OH excluding ortho intramolecular Hbond substituents is 1. The minimum Gasteiger partial charge on any atom is -0.507 e. The summed E-state index contributed by atoms with van der Waals surface area (Å²) in [7, 11) is 0. The molecule has 3 aromatic carbocycles. The lowest BCUT2D eigenvalue weighted by molar-refractivity contribution is -0.140. The van der Waals surface area contributed by atoms with Crippen LogP contribution in [0.1, 0.15) is 36.1 Å². The predicted molar refractivity (Wildman–Crippen MR) is 130 cm³/mol. The first-order chi connectivity index (χ1) is 16.8. The van der Waals surface area contributed by atoms with Crippen LogP contribution in [0.4, 0.5) is 4.39 Å². The van der Waals surface area contributed by atoms with Gasteiger partial charge in [0.05, 0.1) is 23.2 Å². The molecule has 1 atom stereocenters. The molecular weight excluding hydrogens is 473 g/mol. The second kappa shape index (κ2) is 10.2. The summed E-state index contributed by atoms with van der Waals surface area (Å²) in [5.74, 6) is -1.99. The number of hydrogen-bond acceptors (Lipinski definition) is 5. The van der Waals surface area contributed by atoms with Crippen LogP contribution in [0.25, 0.3) is 5.76 Å². The van der Waals surface area contributed by atoms with E-state index in [-0.39, 0.29) is 28.6 Å². The normalized spacial score (nSPS) is 17.1. The maximum Gasteiger partial charge on any atom is 0.295 e. The van der Waals surface area contributed by atoms with Gasteiger partial charge in [0.2, 0.25) is 0 Å². The topological polar surface area (TPSA) is 87.1 Å². The van der Waals surface area contributed by atoms with Crippen LogP contribution < -0.4 is 4.74 Å². The Kier molecular flexibility index (Phi) is 7.07. The molecule has 1 unspecified atom stereocenters. The van der Waals surface area contributed by atoms with E-state index in [4.69, 9.17) is 16.3 Å². The minimum atomic E-state index is -0.978. The number of ether oxygens (including phenoxy) is 1. The first-order valence-electron chi connectivity index (χ1n) is 11.0. The molecule has 0 aromatic heterocycles. The van der Waals surface area contributed by atoms with Crippen molar-refractivity contribution in [3.63, 3.8) is 0 Å². The van der Waals surface area contributed by atoms with Gasteiger partial charge >= 0.3 is 0 Å². The average molecular weight is 496 g/mol. The van der Waals surface area contributed by atoms with E-state index in [2.05, 4.69) is 0 Å². The van der Waals surface area contributed by atoms with Crippen LogP contribution in [-0.4, -0.2) is 33.4 Å². The lowest BCUT2D eigenvalue weighted by Gasteiger charge is -2.25. The van der Waals surface area contributed by atoms with Crippen LogP contribution in [0.15, 0.2) is 72.3 Å². The highest BCUT2D eigenvalue weighted by Gasteiger charge is 2.46. The molecule has 1 saturated heterocycles. The Morgan fingerprint density at radius 2 is 1.74 bits per heavy atom. The first kappa shape index (κ1) is 24.3. The number of phenols is 1. The molecule has 1 aliphatic rings. The van der Waals surface area contributed by atoms with Crippen molar-refractivity contribution in [2.24, 2.45) is 0 Å². The van der Waals surface area contributed by atoms with Gasteiger partial charge in [0.25, 0.3) is 11.7 Å². The molecule has 0 saturated carbocycles. The van der Waals surface area contributed by atoms with Gasteiger partial charge in [-0.15, -0.1) is 0 Å². The Morgan fingerprint density at radius 1 is 1.06 bits per heavy atom. The highest BCUT2D eigenvalue weighted by Crippen LogP contribution is 2.42. The summed E-state index contributed by atoms with van der Waals surface area (Å²) in [6.07, 6.45) is 0.842. The third kappa shape index (κ3) is 5.00. The van der Waals surface area contributed by atoms with Crippen molar-refractivity contribution in [3.8, 4) is 11.5 Å². The van der Waals surface area contributed by atoms with Gasteiger partial charge in [0.1, 0.15) is 23.1 Å². The molecule has 0 spiro atoms. The SMILES string of the molecule is CCCOc1ccc(/C(O)=C2/C(=O)C(=O)N(Cc3ccc(F)cc3)C2c2ccc(O)c(Cl)c2)cc1. The van der Waals surface area contributed by atoms with Crippen molar-refractivity contribution in [2.75, 3.05) is 6.61 Å². The number of likely N-dealkylation sites (tertiary alicyclic amines) is 1. The van der Waals surface area contributed by atoms with Gasteiger partial charge in [-0.1, -0.05) is 36.7 Å². The molecule has 4 rings (SSSR count). The van der Waals surface area contributed by atoms with E-state index >= 15 is 0 Å². The van der Waals surface area contributed by atoms with Gasteiger partial charge < -0.3 is 19.8 Å². The number of benzene rings is 3. The zero-order chi connectivity index (χ0) is 25.1. The molecule has 0 radical (unpaired) electrons. The van der Waals surface area contributed by atoms with Crippen LogP contribution in [0.3, 0.4) is 0 Å². The van der Waals surface area contributed by atoms with Crippen LogP contribution in [0.5, 0.6) is 11.5 Å². The third-order valence-electron chi connectivity index (χ3n) is 5.69. The average Bonchev–Trinajstić information content (AvgIpc) is 3.10. The molecule has 2 N–H and O–H groups in total. The standard InChI is InChI=1S/C27H23ClFNO5/c1-2-13-35-20-10-5-17(6-11-20)25(32)23-24(18-7-12-22(31)21(28)14-18)30(27(34)26(23)33)15-16-3-8-19(29)9-4-16/h3-12,14,24,31-32H,2,13,15H2,1H3/b25-23-.